The number of fused-ring (bicyclic) bond motifs is 1. The first kappa shape index (κ1) is 12.7. The molecule has 0 saturated heterocycles. The predicted octanol–water partition coefficient (Wildman–Crippen LogP) is 3.27. The van der Waals surface area contributed by atoms with E-state index in [1.54, 1.807) is 24.5 Å². The molecule has 0 aliphatic heterocycles. The zero-order valence-electron chi connectivity index (χ0n) is 11.2. The standard InChI is InChI=1S/C17H15NO2/c1-11-10-15(16(19)12-6-8-18-9-7-12)17(20)14-5-3-2-4-13(11)14/h2-9,11,15H,10H2,1H3. The number of carbonyl (C=O) groups excluding carboxylic acids is 2. The minimum atomic E-state index is -0.567. The Balaban J connectivity index is 1.98. The number of rotatable bonds is 2. The minimum Gasteiger partial charge on any atom is -0.293 e. The normalized spacial score (nSPS) is 21.4. The highest BCUT2D eigenvalue weighted by Gasteiger charge is 2.36. The number of hydrogen-bond donors (Lipinski definition) is 0. The molecule has 1 aromatic heterocycles. The smallest absolute Gasteiger partial charge is 0.173 e. The lowest BCUT2D eigenvalue weighted by Gasteiger charge is -2.27. The molecule has 1 heterocycles. The van der Waals surface area contributed by atoms with Crippen LogP contribution in [0.15, 0.2) is 48.8 Å². The lowest BCUT2D eigenvalue weighted by Crippen LogP contribution is -2.31. The van der Waals surface area contributed by atoms with Gasteiger partial charge in [0.25, 0.3) is 0 Å². The van der Waals surface area contributed by atoms with Crippen LogP contribution in [-0.4, -0.2) is 16.6 Å². The fourth-order valence-corrected chi connectivity index (χ4v) is 2.87. The Morgan fingerprint density at radius 3 is 2.60 bits per heavy atom. The molecular weight excluding hydrogens is 250 g/mol. The van der Waals surface area contributed by atoms with Crippen LogP contribution < -0.4 is 0 Å². The van der Waals surface area contributed by atoms with Crippen molar-refractivity contribution in [3.63, 3.8) is 0 Å². The maximum Gasteiger partial charge on any atom is 0.173 e. The van der Waals surface area contributed by atoms with Gasteiger partial charge in [-0.2, -0.15) is 0 Å². The quantitative estimate of drug-likeness (QED) is 0.618. The van der Waals surface area contributed by atoms with Gasteiger partial charge in [0.05, 0.1) is 5.92 Å². The van der Waals surface area contributed by atoms with Gasteiger partial charge in [0.15, 0.2) is 11.6 Å². The van der Waals surface area contributed by atoms with Crippen LogP contribution in [0, 0.1) is 5.92 Å². The molecule has 1 aliphatic rings. The van der Waals surface area contributed by atoms with E-state index in [1.807, 2.05) is 24.3 Å². The summed E-state index contributed by atoms with van der Waals surface area (Å²) in [7, 11) is 0. The molecule has 0 amide bonds. The molecule has 0 fully saturated rings. The highest BCUT2D eigenvalue weighted by atomic mass is 16.2. The van der Waals surface area contributed by atoms with E-state index in [4.69, 9.17) is 0 Å². The van der Waals surface area contributed by atoms with E-state index in [0.717, 1.165) is 5.56 Å². The van der Waals surface area contributed by atoms with Crippen molar-refractivity contribution in [2.75, 3.05) is 0 Å². The molecule has 2 aromatic rings. The fourth-order valence-electron chi connectivity index (χ4n) is 2.87. The van der Waals surface area contributed by atoms with Gasteiger partial charge in [-0.1, -0.05) is 31.2 Å². The van der Waals surface area contributed by atoms with E-state index in [-0.39, 0.29) is 17.5 Å². The average Bonchev–Trinajstić information content (AvgIpc) is 2.51. The summed E-state index contributed by atoms with van der Waals surface area (Å²) in [5, 5.41) is 0. The summed E-state index contributed by atoms with van der Waals surface area (Å²) in [6, 6.07) is 10.9. The van der Waals surface area contributed by atoms with Gasteiger partial charge in [-0.05, 0) is 30.0 Å². The largest absolute Gasteiger partial charge is 0.293 e. The topological polar surface area (TPSA) is 47.0 Å². The first-order valence-corrected chi connectivity index (χ1v) is 6.76. The van der Waals surface area contributed by atoms with Crippen LogP contribution in [0.5, 0.6) is 0 Å². The lowest BCUT2D eigenvalue weighted by molar-refractivity contribution is 0.0782. The Morgan fingerprint density at radius 2 is 1.85 bits per heavy atom. The van der Waals surface area contributed by atoms with E-state index < -0.39 is 5.92 Å². The first-order chi connectivity index (χ1) is 9.68. The molecule has 2 unspecified atom stereocenters. The Bertz CT molecular complexity index is 664. The van der Waals surface area contributed by atoms with E-state index in [0.29, 0.717) is 17.5 Å². The summed E-state index contributed by atoms with van der Waals surface area (Å²) in [6.45, 7) is 2.07. The van der Waals surface area contributed by atoms with E-state index in [9.17, 15) is 9.59 Å². The molecule has 0 radical (unpaired) electrons. The maximum absolute atomic E-state index is 12.5. The van der Waals surface area contributed by atoms with Crippen molar-refractivity contribution in [1.82, 2.24) is 4.98 Å². The number of benzene rings is 1. The average molecular weight is 265 g/mol. The maximum atomic E-state index is 12.5. The molecular formula is C17H15NO2. The monoisotopic (exact) mass is 265 g/mol. The van der Waals surface area contributed by atoms with Crippen LogP contribution in [0.4, 0.5) is 0 Å². The second-order valence-electron chi connectivity index (χ2n) is 5.24. The van der Waals surface area contributed by atoms with E-state index in [1.165, 1.54) is 0 Å². The van der Waals surface area contributed by atoms with Gasteiger partial charge in [0.1, 0.15) is 0 Å². The molecule has 0 N–H and O–H groups in total. The number of ketones is 2. The molecule has 3 rings (SSSR count). The summed E-state index contributed by atoms with van der Waals surface area (Å²) >= 11 is 0. The van der Waals surface area contributed by atoms with Gasteiger partial charge in [-0.25, -0.2) is 0 Å². The molecule has 3 nitrogen and oxygen atoms in total. The van der Waals surface area contributed by atoms with Crippen LogP contribution >= 0.6 is 0 Å². The second-order valence-corrected chi connectivity index (χ2v) is 5.24. The van der Waals surface area contributed by atoms with Crippen molar-refractivity contribution in [3.05, 3.63) is 65.5 Å². The Hall–Kier alpha value is -2.29. The third-order valence-corrected chi connectivity index (χ3v) is 3.94. The molecule has 0 saturated carbocycles. The van der Waals surface area contributed by atoms with Crippen molar-refractivity contribution < 1.29 is 9.59 Å². The molecule has 0 bridgehead atoms. The second kappa shape index (κ2) is 5.00. The summed E-state index contributed by atoms with van der Waals surface area (Å²) < 4.78 is 0. The summed E-state index contributed by atoms with van der Waals surface area (Å²) in [6.07, 6.45) is 3.74. The van der Waals surface area contributed by atoms with Crippen molar-refractivity contribution in [2.45, 2.75) is 19.3 Å². The number of carbonyl (C=O) groups is 2. The number of nitrogens with zero attached hydrogens (tertiary/aromatic N) is 1. The molecule has 1 aliphatic carbocycles. The Labute approximate surface area is 117 Å². The van der Waals surface area contributed by atoms with Crippen LogP contribution in [-0.2, 0) is 0 Å². The molecule has 0 spiro atoms. The number of hydrogen-bond acceptors (Lipinski definition) is 3. The van der Waals surface area contributed by atoms with Gasteiger partial charge in [-0.15, -0.1) is 0 Å². The first-order valence-electron chi connectivity index (χ1n) is 6.76. The highest BCUT2D eigenvalue weighted by Crippen LogP contribution is 2.35. The van der Waals surface area contributed by atoms with E-state index in [2.05, 4.69) is 11.9 Å². The van der Waals surface area contributed by atoms with Gasteiger partial charge in [0, 0.05) is 23.5 Å². The zero-order chi connectivity index (χ0) is 14.1. The zero-order valence-corrected chi connectivity index (χ0v) is 11.2. The molecule has 2 atom stereocenters. The Morgan fingerprint density at radius 1 is 1.15 bits per heavy atom. The molecule has 20 heavy (non-hydrogen) atoms. The SMILES string of the molecule is CC1CC(C(=O)c2ccncc2)C(=O)c2ccccc21. The van der Waals surface area contributed by atoms with Crippen molar-refractivity contribution in [1.29, 1.82) is 0 Å². The van der Waals surface area contributed by atoms with Gasteiger partial charge in [-0.3, -0.25) is 14.6 Å². The van der Waals surface area contributed by atoms with Crippen molar-refractivity contribution in [2.24, 2.45) is 5.92 Å². The number of aromatic nitrogens is 1. The minimum absolute atomic E-state index is 0.0551. The van der Waals surface area contributed by atoms with Crippen LogP contribution in [0.25, 0.3) is 0 Å². The van der Waals surface area contributed by atoms with Gasteiger partial charge >= 0.3 is 0 Å². The lowest BCUT2D eigenvalue weighted by atomic mass is 9.74. The van der Waals surface area contributed by atoms with Crippen molar-refractivity contribution in [3.8, 4) is 0 Å². The molecule has 100 valence electrons. The molecule has 1 aromatic carbocycles. The van der Waals surface area contributed by atoms with Crippen LogP contribution in [0.2, 0.25) is 0 Å². The van der Waals surface area contributed by atoms with Crippen LogP contribution in [0.1, 0.15) is 45.5 Å². The predicted molar refractivity (Wildman–Crippen MR) is 75.9 cm³/mol. The van der Waals surface area contributed by atoms with E-state index >= 15 is 0 Å². The Kier molecular flexibility index (Phi) is 3.18. The van der Waals surface area contributed by atoms with Crippen molar-refractivity contribution >= 4 is 11.6 Å². The summed E-state index contributed by atoms with van der Waals surface area (Å²) in [4.78, 5) is 29.0. The molecule has 3 heteroatoms. The number of pyridine rings is 1. The summed E-state index contributed by atoms with van der Waals surface area (Å²) in [5.74, 6) is -0.499. The third-order valence-electron chi connectivity index (χ3n) is 3.94. The van der Waals surface area contributed by atoms with Gasteiger partial charge in [0.2, 0.25) is 0 Å². The number of Topliss-reactive ketones (excluding diaryl/α,β-unsaturated/α-hetero) is 2. The third kappa shape index (κ3) is 2.05. The fraction of sp³-hybridized carbons (Fsp3) is 0.235. The van der Waals surface area contributed by atoms with Gasteiger partial charge < -0.3 is 0 Å². The van der Waals surface area contributed by atoms with Crippen LogP contribution in [0.3, 0.4) is 0 Å². The summed E-state index contributed by atoms with van der Waals surface area (Å²) in [5.41, 5.74) is 2.31. The highest BCUT2D eigenvalue weighted by molar-refractivity contribution is 6.17.